The highest BCUT2D eigenvalue weighted by atomic mass is 15.5. The van der Waals surface area contributed by atoms with Crippen molar-refractivity contribution in [3.05, 3.63) is 11.6 Å². The van der Waals surface area contributed by atoms with Gasteiger partial charge in [0, 0.05) is 5.41 Å². The highest BCUT2D eigenvalue weighted by Gasteiger charge is 2.44. The zero-order valence-electron chi connectivity index (χ0n) is 17.0. The summed E-state index contributed by atoms with van der Waals surface area (Å²) in [6.07, 6.45) is 2.37. The van der Waals surface area contributed by atoms with E-state index in [4.69, 9.17) is 5.10 Å². The smallest absolute Gasteiger partial charge is 0.0743 e. The van der Waals surface area contributed by atoms with Crippen LogP contribution in [0.25, 0.3) is 0 Å². The zero-order valence-corrected chi connectivity index (χ0v) is 17.0. The Morgan fingerprint density at radius 3 is 1.50 bits per heavy atom. The van der Waals surface area contributed by atoms with Crippen molar-refractivity contribution in [3.63, 3.8) is 0 Å². The van der Waals surface area contributed by atoms with E-state index >= 15 is 0 Å². The van der Waals surface area contributed by atoms with E-state index < -0.39 is 0 Å². The van der Waals surface area contributed by atoms with Crippen molar-refractivity contribution >= 4 is 5.71 Å². The molecule has 0 amide bonds. The van der Waals surface area contributed by atoms with Crippen LogP contribution in [0.4, 0.5) is 0 Å². The first-order chi connectivity index (χ1) is 9.45. The molecule has 1 unspecified atom stereocenters. The number of nitrogens with zero attached hydrogens (tertiary/aromatic N) is 2. The molecule has 0 saturated heterocycles. The number of hydrogen-bond acceptors (Lipinski definition) is 2. The maximum Gasteiger partial charge on any atom is 0.0743 e. The van der Waals surface area contributed by atoms with Crippen molar-refractivity contribution in [1.29, 1.82) is 0 Å². The largest absolute Gasteiger partial charge is 0.284 e. The highest BCUT2D eigenvalue weighted by Crippen LogP contribution is 2.44. The van der Waals surface area contributed by atoms with Crippen molar-refractivity contribution in [1.82, 2.24) is 5.01 Å². The molecule has 1 heterocycles. The van der Waals surface area contributed by atoms with Gasteiger partial charge >= 0.3 is 0 Å². The summed E-state index contributed by atoms with van der Waals surface area (Å²) in [6.45, 7) is 27.5. The lowest BCUT2D eigenvalue weighted by Crippen LogP contribution is -2.55. The lowest BCUT2D eigenvalue weighted by atomic mass is 9.69. The summed E-state index contributed by atoms with van der Waals surface area (Å²) < 4.78 is 0. The minimum absolute atomic E-state index is 0.000787. The minimum Gasteiger partial charge on any atom is -0.284 e. The first-order valence-corrected chi connectivity index (χ1v) is 8.56. The SMILES string of the molecule is CC(C)(C)C1=CC(C(C)(C)C)=NN(C(C)(C)C)C1C(C)(C)C. The second-order valence-corrected chi connectivity index (χ2v) is 10.9. The van der Waals surface area contributed by atoms with E-state index in [1.54, 1.807) is 0 Å². The molecule has 0 aliphatic carbocycles. The Kier molecular flexibility index (Phi) is 4.71. The van der Waals surface area contributed by atoms with Crippen molar-refractivity contribution in [2.45, 2.75) is 94.7 Å². The van der Waals surface area contributed by atoms with E-state index in [9.17, 15) is 0 Å². The van der Waals surface area contributed by atoms with Crippen LogP contribution in [0.15, 0.2) is 16.8 Å². The Hall–Kier alpha value is -0.790. The number of hydrogen-bond donors (Lipinski definition) is 0. The second-order valence-electron chi connectivity index (χ2n) is 10.9. The summed E-state index contributed by atoms with van der Waals surface area (Å²) in [5, 5.41) is 7.46. The van der Waals surface area contributed by atoms with Gasteiger partial charge in [-0.05, 0) is 43.3 Å². The fourth-order valence-electron chi connectivity index (χ4n) is 2.92. The maximum absolute atomic E-state index is 5.11. The fourth-order valence-corrected chi connectivity index (χ4v) is 2.92. The van der Waals surface area contributed by atoms with Crippen LogP contribution in [-0.2, 0) is 0 Å². The molecule has 0 aromatic heterocycles. The van der Waals surface area contributed by atoms with Crippen LogP contribution >= 0.6 is 0 Å². The van der Waals surface area contributed by atoms with Crippen molar-refractivity contribution in [3.8, 4) is 0 Å². The first-order valence-electron chi connectivity index (χ1n) is 8.56. The molecule has 0 fully saturated rings. The zero-order chi connectivity index (χ0) is 17.7. The van der Waals surface area contributed by atoms with Crippen molar-refractivity contribution < 1.29 is 0 Å². The quantitative estimate of drug-likeness (QED) is 0.545. The van der Waals surface area contributed by atoms with E-state index in [2.05, 4.69) is 94.2 Å². The normalized spacial score (nSPS) is 21.6. The fraction of sp³-hybridized carbons (Fsp3) is 0.850. The van der Waals surface area contributed by atoms with Crippen LogP contribution in [0.1, 0.15) is 83.1 Å². The van der Waals surface area contributed by atoms with Gasteiger partial charge in [-0.25, -0.2) is 0 Å². The molecule has 0 spiro atoms. The molecule has 1 atom stereocenters. The number of hydrazone groups is 1. The Balaban J connectivity index is 3.61. The third-order valence-corrected chi connectivity index (χ3v) is 4.19. The van der Waals surface area contributed by atoms with Crippen LogP contribution in [0, 0.1) is 16.2 Å². The van der Waals surface area contributed by atoms with Gasteiger partial charge in [-0.15, -0.1) is 0 Å². The van der Waals surface area contributed by atoms with Crippen LogP contribution in [-0.4, -0.2) is 22.3 Å². The van der Waals surface area contributed by atoms with Gasteiger partial charge in [0.25, 0.3) is 0 Å². The van der Waals surface area contributed by atoms with Crippen LogP contribution < -0.4 is 0 Å². The average molecular weight is 307 g/mol. The van der Waals surface area contributed by atoms with Crippen molar-refractivity contribution in [2.24, 2.45) is 21.3 Å². The molecule has 2 heteroatoms. The molecule has 128 valence electrons. The second kappa shape index (κ2) is 5.39. The molecule has 0 aromatic rings. The predicted molar refractivity (Wildman–Crippen MR) is 99.3 cm³/mol. The van der Waals surface area contributed by atoms with Gasteiger partial charge in [-0.1, -0.05) is 62.3 Å². The lowest BCUT2D eigenvalue weighted by Gasteiger charge is -2.52. The van der Waals surface area contributed by atoms with E-state index in [-0.39, 0.29) is 21.8 Å². The molecule has 1 aliphatic rings. The summed E-state index contributed by atoms with van der Waals surface area (Å²) in [6, 6.07) is 0.318. The van der Waals surface area contributed by atoms with Gasteiger partial charge in [-0.2, -0.15) is 5.10 Å². The minimum atomic E-state index is -0.000787. The Labute approximate surface area is 139 Å². The highest BCUT2D eigenvalue weighted by molar-refractivity contribution is 6.00. The summed E-state index contributed by atoms with van der Waals surface area (Å²) in [4.78, 5) is 0. The van der Waals surface area contributed by atoms with Crippen molar-refractivity contribution in [2.75, 3.05) is 0 Å². The van der Waals surface area contributed by atoms with E-state index in [1.807, 2.05) is 0 Å². The molecule has 1 aliphatic heterocycles. The third kappa shape index (κ3) is 4.14. The molecule has 0 radical (unpaired) electrons. The van der Waals surface area contributed by atoms with E-state index in [1.165, 1.54) is 11.3 Å². The summed E-state index contributed by atoms with van der Waals surface area (Å²) >= 11 is 0. The van der Waals surface area contributed by atoms with Crippen LogP contribution in [0.5, 0.6) is 0 Å². The molecule has 0 bridgehead atoms. The third-order valence-electron chi connectivity index (χ3n) is 4.19. The Morgan fingerprint density at radius 1 is 0.773 bits per heavy atom. The van der Waals surface area contributed by atoms with Gasteiger partial charge in [-0.3, -0.25) is 5.01 Å². The Morgan fingerprint density at radius 2 is 1.23 bits per heavy atom. The van der Waals surface area contributed by atoms with Gasteiger partial charge in [0.2, 0.25) is 0 Å². The van der Waals surface area contributed by atoms with E-state index in [0.717, 1.165) is 0 Å². The van der Waals surface area contributed by atoms with Gasteiger partial charge in [0.05, 0.1) is 17.3 Å². The predicted octanol–water partition coefficient (Wildman–Crippen LogP) is 5.89. The average Bonchev–Trinajstić information content (AvgIpc) is 2.22. The van der Waals surface area contributed by atoms with Gasteiger partial charge in [0.1, 0.15) is 0 Å². The maximum atomic E-state index is 5.11. The first kappa shape index (κ1) is 19.3. The van der Waals surface area contributed by atoms with Crippen LogP contribution in [0.3, 0.4) is 0 Å². The number of rotatable bonds is 0. The molecular weight excluding hydrogens is 268 g/mol. The molecule has 1 rings (SSSR count). The van der Waals surface area contributed by atoms with Gasteiger partial charge in [0.15, 0.2) is 0 Å². The standard InChI is InChI=1S/C20H38N2/c1-17(2,3)14-13-15(18(4,5)6)21-22(20(10,11)12)16(14)19(7,8)9/h13,16H,1-12H3. The van der Waals surface area contributed by atoms with Crippen LogP contribution in [0.2, 0.25) is 0 Å². The summed E-state index contributed by atoms with van der Waals surface area (Å²) in [5.41, 5.74) is 3.01. The Bertz CT molecular complexity index is 468. The summed E-state index contributed by atoms with van der Waals surface area (Å²) in [7, 11) is 0. The molecule has 0 saturated carbocycles. The monoisotopic (exact) mass is 306 g/mol. The molecule has 0 aromatic carbocycles. The number of allylic oxidation sites excluding steroid dienone is 1. The molecule has 2 nitrogen and oxygen atoms in total. The topological polar surface area (TPSA) is 15.6 Å². The molecular formula is C20H38N2. The molecule has 0 N–H and O–H groups in total. The lowest BCUT2D eigenvalue weighted by molar-refractivity contribution is 0.0318. The van der Waals surface area contributed by atoms with E-state index in [0.29, 0.717) is 6.04 Å². The van der Waals surface area contributed by atoms with Gasteiger partial charge < -0.3 is 0 Å². The summed E-state index contributed by atoms with van der Waals surface area (Å²) in [5.74, 6) is 0. The molecule has 22 heavy (non-hydrogen) atoms.